The molecule has 10 heteroatoms. The Morgan fingerprint density at radius 1 is 1.41 bits per heavy atom. The highest BCUT2D eigenvalue weighted by Crippen LogP contribution is 2.28. The van der Waals surface area contributed by atoms with Gasteiger partial charge in [-0.1, -0.05) is 11.6 Å². The molecule has 116 valence electrons. The Bertz CT molecular complexity index is 808. The van der Waals surface area contributed by atoms with Crippen LogP contribution in [0.2, 0.25) is 5.02 Å². The summed E-state index contributed by atoms with van der Waals surface area (Å²) in [6, 6.07) is 4.62. The molecule has 3 rings (SSSR count). The zero-order valence-corrected chi connectivity index (χ0v) is 12.6. The van der Waals surface area contributed by atoms with E-state index in [2.05, 4.69) is 10.1 Å². The van der Waals surface area contributed by atoms with Gasteiger partial charge in [0.15, 0.2) is 15.7 Å². The molecule has 8 nitrogen and oxygen atoms in total. The van der Waals surface area contributed by atoms with Crippen molar-refractivity contribution in [3.8, 4) is 17.6 Å². The molecular weight excluding hydrogens is 334 g/mol. The van der Waals surface area contributed by atoms with E-state index in [1.165, 1.54) is 16.9 Å². The minimum atomic E-state index is -3.00. The van der Waals surface area contributed by atoms with Crippen LogP contribution in [0, 0.1) is 0 Å². The molecule has 0 spiro atoms. The van der Waals surface area contributed by atoms with Gasteiger partial charge in [-0.15, -0.1) is 5.10 Å². The molecule has 0 aliphatic carbocycles. The Morgan fingerprint density at radius 2 is 2.18 bits per heavy atom. The summed E-state index contributed by atoms with van der Waals surface area (Å²) in [6.07, 6.45) is 1.05. The first-order chi connectivity index (χ1) is 10.5. The third-order valence-corrected chi connectivity index (χ3v) is 4.98. The van der Waals surface area contributed by atoms with Crippen LogP contribution in [0.4, 0.5) is 0 Å². The van der Waals surface area contributed by atoms with E-state index in [0.717, 1.165) is 0 Å². The number of pyridine rings is 1. The third kappa shape index (κ3) is 2.90. The normalized spacial score (nSPS) is 16.8. The van der Waals surface area contributed by atoms with Gasteiger partial charge in [0.25, 0.3) is 6.47 Å². The number of aromatic nitrogens is 3. The van der Waals surface area contributed by atoms with E-state index >= 15 is 0 Å². The number of rotatable bonds is 5. The highest BCUT2D eigenvalue weighted by molar-refractivity contribution is 7.92. The molecule has 1 aliphatic rings. The van der Waals surface area contributed by atoms with Gasteiger partial charge >= 0.3 is 0 Å². The highest BCUT2D eigenvalue weighted by Gasteiger charge is 2.36. The standard InChI is InChI=1S/C12H10ClN3O5S/c13-9-2-1-3-14-12(9)16-11(20-7-17)4-10(15-16)21-8-5-22(18,19)6-8/h1-4,7-8H,5-6H2. The molecule has 0 amide bonds. The largest absolute Gasteiger partial charge is 0.471 e. The van der Waals surface area contributed by atoms with Gasteiger partial charge < -0.3 is 9.47 Å². The Labute approximate surface area is 130 Å². The third-order valence-electron chi connectivity index (χ3n) is 2.93. The smallest absolute Gasteiger partial charge is 0.299 e. The van der Waals surface area contributed by atoms with Crippen molar-refractivity contribution in [1.29, 1.82) is 0 Å². The minimum Gasteiger partial charge on any atom is -0.471 e. The van der Waals surface area contributed by atoms with Gasteiger partial charge in [-0.05, 0) is 12.1 Å². The van der Waals surface area contributed by atoms with Crippen molar-refractivity contribution >= 4 is 27.9 Å². The van der Waals surface area contributed by atoms with Crippen molar-refractivity contribution in [2.24, 2.45) is 0 Å². The minimum absolute atomic E-state index is 0.0614. The summed E-state index contributed by atoms with van der Waals surface area (Å²) >= 11 is 6.03. The Hall–Kier alpha value is -2.13. The van der Waals surface area contributed by atoms with Crippen molar-refractivity contribution < 1.29 is 22.7 Å². The number of ether oxygens (including phenoxy) is 2. The predicted octanol–water partition coefficient (Wildman–Crippen LogP) is 0.632. The van der Waals surface area contributed by atoms with E-state index in [1.54, 1.807) is 12.1 Å². The molecule has 0 bridgehead atoms. The van der Waals surface area contributed by atoms with Crippen LogP contribution in [0.3, 0.4) is 0 Å². The lowest BCUT2D eigenvalue weighted by atomic mass is 10.4. The lowest BCUT2D eigenvalue weighted by Gasteiger charge is -2.25. The van der Waals surface area contributed by atoms with E-state index in [9.17, 15) is 13.2 Å². The number of nitrogens with zero attached hydrogens (tertiary/aromatic N) is 3. The topological polar surface area (TPSA) is 100 Å². The molecule has 0 radical (unpaired) electrons. The number of hydrogen-bond donors (Lipinski definition) is 0. The fraction of sp³-hybridized carbons (Fsp3) is 0.250. The summed E-state index contributed by atoms with van der Waals surface area (Å²) in [5, 5.41) is 4.40. The summed E-state index contributed by atoms with van der Waals surface area (Å²) in [6.45, 7) is 0.238. The van der Waals surface area contributed by atoms with Crippen LogP contribution in [0.1, 0.15) is 0 Å². The lowest BCUT2D eigenvalue weighted by Crippen LogP contribution is -2.45. The maximum atomic E-state index is 11.1. The van der Waals surface area contributed by atoms with Gasteiger partial charge in [-0.25, -0.2) is 13.4 Å². The van der Waals surface area contributed by atoms with Crippen LogP contribution in [-0.4, -0.2) is 47.3 Å². The second-order valence-electron chi connectivity index (χ2n) is 4.57. The van der Waals surface area contributed by atoms with Crippen LogP contribution < -0.4 is 9.47 Å². The first-order valence-corrected chi connectivity index (χ1v) is 8.37. The summed E-state index contributed by atoms with van der Waals surface area (Å²) < 4.78 is 33.7. The predicted molar refractivity (Wildman–Crippen MR) is 76.1 cm³/mol. The molecule has 2 aromatic heterocycles. The monoisotopic (exact) mass is 343 g/mol. The average molecular weight is 344 g/mol. The number of carbonyl (C=O) groups is 1. The van der Waals surface area contributed by atoms with Gasteiger partial charge in [0, 0.05) is 6.20 Å². The van der Waals surface area contributed by atoms with Gasteiger partial charge in [-0.2, -0.15) is 4.68 Å². The second-order valence-corrected chi connectivity index (χ2v) is 7.13. The van der Waals surface area contributed by atoms with Crippen LogP contribution in [-0.2, 0) is 14.6 Å². The first-order valence-electron chi connectivity index (χ1n) is 6.17. The van der Waals surface area contributed by atoms with Crippen molar-refractivity contribution in [3.05, 3.63) is 29.4 Å². The van der Waals surface area contributed by atoms with Gasteiger partial charge in [0.2, 0.25) is 11.8 Å². The second kappa shape index (κ2) is 5.58. The summed E-state index contributed by atoms with van der Waals surface area (Å²) in [5.41, 5.74) is 0. The van der Waals surface area contributed by atoms with Gasteiger partial charge in [0.1, 0.15) is 6.10 Å². The van der Waals surface area contributed by atoms with E-state index in [4.69, 9.17) is 21.1 Å². The van der Waals surface area contributed by atoms with E-state index < -0.39 is 15.9 Å². The summed E-state index contributed by atoms with van der Waals surface area (Å²) in [7, 11) is -3.00. The molecule has 0 aromatic carbocycles. The van der Waals surface area contributed by atoms with Crippen molar-refractivity contribution in [3.63, 3.8) is 0 Å². The van der Waals surface area contributed by atoms with Gasteiger partial charge in [-0.3, -0.25) is 4.79 Å². The van der Waals surface area contributed by atoms with Crippen LogP contribution in [0.25, 0.3) is 5.82 Å². The van der Waals surface area contributed by atoms with Crippen molar-refractivity contribution in [2.45, 2.75) is 6.10 Å². The van der Waals surface area contributed by atoms with Gasteiger partial charge in [0.05, 0.1) is 22.6 Å². The molecule has 0 saturated carbocycles. The van der Waals surface area contributed by atoms with Crippen LogP contribution >= 0.6 is 11.6 Å². The Balaban J connectivity index is 1.89. The summed E-state index contributed by atoms with van der Waals surface area (Å²) in [4.78, 5) is 14.7. The molecule has 0 N–H and O–H groups in total. The number of halogens is 1. The van der Waals surface area contributed by atoms with Crippen LogP contribution in [0.15, 0.2) is 24.4 Å². The summed E-state index contributed by atoms with van der Waals surface area (Å²) in [5.74, 6) is 0.325. The molecule has 1 aliphatic heterocycles. The number of hydrogen-bond acceptors (Lipinski definition) is 7. The number of carbonyl (C=O) groups excluding carboxylic acids is 1. The molecule has 0 unspecified atom stereocenters. The molecule has 3 heterocycles. The van der Waals surface area contributed by atoms with Crippen molar-refractivity contribution in [1.82, 2.24) is 14.8 Å². The maximum Gasteiger partial charge on any atom is 0.299 e. The molecule has 1 fully saturated rings. The SMILES string of the molecule is O=COc1cc(OC2CS(=O)(=O)C2)nn1-c1ncccc1Cl. The van der Waals surface area contributed by atoms with Crippen molar-refractivity contribution in [2.75, 3.05) is 11.5 Å². The fourth-order valence-electron chi connectivity index (χ4n) is 1.98. The zero-order valence-electron chi connectivity index (χ0n) is 11.0. The van der Waals surface area contributed by atoms with Crippen LogP contribution in [0.5, 0.6) is 11.8 Å². The first kappa shape index (κ1) is 14.8. The van der Waals surface area contributed by atoms with E-state index in [-0.39, 0.29) is 35.6 Å². The maximum absolute atomic E-state index is 11.1. The molecule has 1 saturated heterocycles. The molecule has 0 atom stereocenters. The van der Waals surface area contributed by atoms with E-state index in [1.807, 2.05) is 0 Å². The Kier molecular flexibility index (Phi) is 3.75. The quantitative estimate of drug-likeness (QED) is 0.734. The molecule has 2 aromatic rings. The zero-order chi connectivity index (χ0) is 15.7. The molecular formula is C12H10ClN3O5S. The van der Waals surface area contributed by atoms with E-state index in [0.29, 0.717) is 5.02 Å². The fourth-order valence-corrected chi connectivity index (χ4v) is 3.35. The molecule has 22 heavy (non-hydrogen) atoms. The Morgan fingerprint density at radius 3 is 2.82 bits per heavy atom. The lowest BCUT2D eigenvalue weighted by molar-refractivity contribution is -0.121. The highest BCUT2D eigenvalue weighted by atomic mass is 35.5. The number of sulfone groups is 1. The average Bonchev–Trinajstić information content (AvgIpc) is 2.80.